The maximum Gasteiger partial charge on any atom is 0.320 e. The normalized spacial score (nSPS) is 46.5. The molecule has 176 valence electrons. The molecular weight excluding hydrogens is 390 g/mol. The molecule has 0 radical (unpaired) electrons. The number of rotatable bonds is 6. The Morgan fingerprint density at radius 2 is 1.71 bits per heavy atom. The number of aliphatic hydroxyl groups excluding tert-OH is 1. The van der Waals surface area contributed by atoms with E-state index in [4.69, 9.17) is 9.84 Å². The average Bonchev–Trinajstić information content (AvgIpc) is 3.06. The van der Waals surface area contributed by atoms with Gasteiger partial charge in [0.1, 0.15) is 11.4 Å². The first-order valence-corrected chi connectivity index (χ1v) is 12.7. The molecule has 0 aromatic rings. The minimum atomic E-state index is -0.370. The van der Waals surface area contributed by atoms with Crippen LogP contribution in [0.2, 0.25) is 0 Å². The summed E-state index contributed by atoms with van der Waals surface area (Å²) in [5.74, 6) is 3.31. The molecule has 5 heteroatoms. The van der Waals surface area contributed by atoms with Gasteiger partial charge in [-0.2, -0.15) is 0 Å². The third-order valence-corrected chi connectivity index (χ3v) is 10.3. The molecule has 4 fully saturated rings. The summed E-state index contributed by atoms with van der Waals surface area (Å²) in [5.41, 5.74) is 0.182. The van der Waals surface area contributed by atoms with Crippen molar-refractivity contribution >= 4 is 11.8 Å². The van der Waals surface area contributed by atoms with Gasteiger partial charge in [-0.25, -0.2) is 0 Å². The van der Waals surface area contributed by atoms with E-state index in [0.717, 1.165) is 37.5 Å². The number of hydrogen-bond acceptors (Lipinski definition) is 5. The van der Waals surface area contributed by atoms with E-state index in [1.807, 2.05) is 6.92 Å². The van der Waals surface area contributed by atoms with Crippen molar-refractivity contribution in [3.8, 4) is 0 Å². The van der Waals surface area contributed by atoms with Crippen LogP contribution in [0.5, 0.6) is 0 Å². The predicted molar refractivity (Wildman–Crippen MR) is 120 cm³/mol. The van der Waals surface area contributed by atoms with Gasteiger partial charge in [-0.05, 0) is 106 Å². The number of esters is 1. The van der Waals surface area contributed by atoms with Crippen molar-refractivity contribution < 1.29 is 19.4 Å². The van der Waals surface area contributed by atoms with Crippen LogP contribution in [-0.4, -0.2) is 42.2 Å². The van der Waals surface area contributed by atoms with Gasteiger partial charge in [0.05, 0.1) is 13.2 Å². The summed E-state index contributed by atoms with van der Waals surface area (Å²) < 4.78 is 5.96. The van der Waals surface area contributed by atoms with E-state index in [1.165, 1.54) is 32.1 Å². The molecule has 4 rings (SSSR count). The summed E-state index contributed by atoms with van der Waals surface area (Å²) in [6, 6.07) is 0. The predicted octanol–water partition coefficient (Wildman–Crippen LogP) is 4.12. The van der Waals surface area contributed by atoms with Crippen LogP contribution >= 0.6 is 0 Å². The monoisotopic (exact) mass is 433 g/mol. The van der Waals surface area contributed by atoms with Crippen molar-refractivity contribution in [1.29, 1.82) is 0 Å². The highest BCUT2D eigenvalue weighted by Crippen LogP contribution is 2.68. The van der Waals surface area contributed by atoms with E-state index in [1.54, 1.807) is 0 Å². The molecule has 0 aromatic heterocycles. The van der Waals surface area contributed by atoms with Gasteiger partial charge in [0, 0.05) is 12.5 Å². The number of carbonyl (C=O) groups excluding carboxylic acids is 2. The van der Waals surface area contributed by atoms with Gasteiger partial charge in [-0.3, -0.25) is 9.59 Å². The van der Waals surface area contributed by atoms with Crippen LogP contribution in [0.3, 0.4) is 0 Å². The fourth-order valence-electron chi connectivity index (χ4n) is 8.76. The number of nitrogens with one attached hydrogen (secondary N) is 1. The highest BCUT2D eigenvalue weighted by Gasteiger charge is 2.61. The van der Waals surface area contributed by atoms with Crippen LogP contribution in [0, 0.1) is 40.4 Å². The van der Waals surface area contributed by atoms with Gasteiger partial charge in [-0.1, -0.05) is 13.8 Å². The molecule has 0 saturated heterocycles. The van der Waals surface area contributed by atoms with E-state index in [0.29, 0.717) is 29.6 Å². The second kappa shape index (κ2) is 8.44. The molecule has 0 unspecified atom stereocenters. The Bertz CT molecular complexity index is 710. The largest absolute Gasteiger partial charge is 0.458 e. The molecule has 2 N–H and O–H groups in total. The maximum absolute atomic E-state index is 12.3. The van der Waals surface area contributed by atoms with Crippen molar-refractivity contribution in [2.75, 3.05) is 19.7 Å². The second-order valence-corrected chi connectivity index (χ2v) is 12.0. The van der Waals surface area contributed by atoms with Crippen molar-refractivity contribution in [2.24, 2.45) is 40.4 Å². The Morgan fingerprint density at radius 3 is 2.42 bits per heavy atom. The first-order chi connectivity index (χ1) is 14.6. The summed E-state index contributed by atoms with van der Waals surface area (Å²) in [5, 5.41) is 11.8. The quantitative estimate of drug-likeness (QED) is 0.487. The van der Waals surface area contributed by atoms with Gasteiger partial charge < -0.3 is 15.2 Å². The molecule has 0 heterocycles. The molecule has 0 amide bonds. The summed E-state index contributed by atoms with van der Waals surface area (Å²) in [6.07, 6.45) is 10.3. The molecule has 0 aromatic carbocycles. The summed E-state index contributed by atoms with van der Waals surface area (Å²) in [7, 11) is 0. The highest BCUT2D eigenvalue weighted by atomic mass is 16.6. The van der Waals surface area contributed by atoms with Crippen LogP contribution in [-0.2, 0) is 14.3 Å². The third-order valence-electron chi connectivity index (χ3n) is 10.3. The van der Waals surface area contributed by atoms with Crippen molar-refractivity contribution in [1.82, 2.24) is 5.32 Å². The minimum Gasteiger partial charge on any atom is -0.458 e. The van der Waals surface area contributed by atoms with Gasteiger partial charge in [0.25, 0.3) is 0 Å². The van der Waals surface area contributed by atoms with E-state index in [-0.39, 0.29) is 36.1 Å². The van der Waals surface area contributed by atoms with Gasteiger partial charge in [0.2, 0.25) is 0 Å². The standard InChI is InChI=1S/C26H43NO4/c1-17(29)20-7-8-21-19-6-5-18-15-24(2,31-23(30)16-27-13-14-28)11-12-25(18,3)22(19)9-10-26(20,21)4/h18-22,27-28H,5-16H2,1-4H3/t18-,19-,20+,21-,22-,24+,25-,26+/m0/s1. The Balaban J connectivity index is 1.44. The number of ether oxygens (including phenoxy) is 1. The minimum absolute atomic E-state index is 0.0285. The molecule has 4 saturated carbocycles. The zero-order valence-corrected chi connectivity index (χ0v) is 20.0. The molecular formula is C26H43NO4. The van der Waals surface area contributed by atoms with Crippen molar-refractivity contribution in [3.05, 3.63) is 0 Å². The maximum atomic E-state index is 12.3. The highest BCUT2D eigenvalue weighted by molar-refractivity contribution is 5.79. The lowest BCUT2D eigenvalue weighted by Crippen LogP contribution is -2.56. The smallest absolute Gasteiger partial charge is 0.320 e. The zero-order valence-electron chi connectivity index (χ0n) is 20.0. The van der Waals surface area contributed by atoms with Crippen LogP contribution < -0.4 is 5.32 Å². The lowest BCUT2D eigenvalue weighted by Gasteiger charge is -2.62. The Kier molecular flexibility index (Phi) is 6.33. The molecule has 0 aliphatic heterocycles. The lowest BCUT2D eigenvalue weighted by molar-refractivity contribution is -0.180. The average molecular weight is 434 g/mol. The van der Waals surface area contributed by atoms with E-state index < -0.39 is 0 Å². The fraction of sp³-hybridized carbons (Fsp3) is 0.923. The number of carbonyl (C=O) groups is 2. The fourth-order valence-corrected chi connectivity index (χ4v) is 8.76. The summed E-state index contributed by atoms with van der Waals surface area (Å²) in [4.78, 5) is 24.7. The Hall–Kier alpha value is -0.940. The number of ketones is 1. The Labute approximate surface area is 188 Å². The number of Topliss-reactive ketones (excluding diaryl/α,β-unsaturated/α-hetero) is 1. The third kappa shape index (κ3) is 3.99. The second-order valence-electron chi connectivity index (χ2n) is 12.0. The number of hydrogen-bond donors (Lipinski definition) is 2. The molecule has 8 atom stereocenters. The molecule has 0 bridgehead atoms. The summed E-state index contributed by atoms with van der Waals surface area (Å²) >= 11 is 0. The van der Waals surface area contributed by atoms with E-state index in [9.17, 15) is 9.59 Å². The molecule has 4 aliphatic carbocycles. The zero-order chi connectivity index (χ0) is 22.4. The SMILES string of the molecule is CC(=O)[C@H]1CC[C@H]2[C@@H]3CC[C@H]4C[C@](C)(OC(=O)CNCCO)CC[C@]4(C)[C@H]3CC[C@]12C. The van der Waals surface area contributed by atoms with Gasteiger partial charge in [-0.15, -0.1) is 0 Å². The van der Waals surface area contributed by atoms with Crippen LogP contribution in [0.25, 0.3) is 0 Å². The number of fused-ring (bicyclic) bond motifs is 5. The first kappa shape index (κ1) is 23.2. The lowest BCUT2D eigenvalue weighted by atomic mass is 9.44. The molecule has 0 spiro atoms. The van der Waals surface area contributed by atoms with E-state index in [2.05, 4.69) is 26.1 Å². The topological polar surface area (TPSA) is 75.6 Å². The van der Waals surface area contributed by atoms with E-state index >= 15 is 0 Å². The molecule has 31 heavy (non-hydrogen) atoms. The molecule has 5 nitrogen and oxygen atoms in total. The van der Waals surface area contributed by atoms with Gasteiger partial charge in [0.15, 0.2) is 0 Å². The van der Waals surface area contributed by atoms with Crippen LogP contribution in [0.1, 0.15) is 85.5 Å². The summed E-state index contributed by atoms with van der Waals surface area (Å²) in [6.45, 7) is 9.49. The molecule has 4 aliphatic rings. The van der Waals surface area contributed by atoms with Crippen LogP contribution in [0.15, 0.2) is 0 Å². The Morgan fingerprint density at radius 1 is 0.968 bits per heavy atom. The number of aliphatic hydroxyl groups is 1. The van der Waals surface area contributed by atoms with Crippen molar-refractivity contribution in [3.63, 3.8) is 0 Å². The van der Waals surface area contributed by atoms with Crippen LogP contribution in [0.4, 0.5) is 0 Å². The first-order valence-electron chi connectivity index (χ1n) is 12.7. The van der Waals surface area contributed by atoms with Crippen molar-refractivity contribution in [2.45, 2.75) is 91.1 Å². The van der Waals surface area contributed by atoms with Gasteiger partial charge >= 0.3 is 5.97 Å².